The monoisotopic (exact) mass is 586 g/mol. The zero-order valence-electron chi connectivity index (χ0n) is 24.4. The number of hydrogen-bond donors (Lipinski definition) is 2. The molecular formula is C35H30N4O5. The minimum Gasteiger partial charge on any atom is -0.374 e. The fourth-order valence-corrected chi connectivity index (χ4v) is 8.37. The van der Waals surface area contributed by atoms with Crippen LogP contribution in [0.15, 0.2) is 78.9 Å². The molecule has 4 aromatic carbocycles. The molecule has 5 heterocycles. The lowest BCUT2D eigenvalue weighted by molar-refractivity contribution is -0.264. The van der Waals surface area contributed by atoms with E-state index in [1.54, 1.807) is 12.0 Å². The fraction of sp³-hybridized carbons (Fsp3) is 0.257. The number of methoxy groups -OCH3 is 1. The first-order valence-corrected chi connectivity index (χ1v) is 14.9. The highest BCUT2D eigenvalue weighted by atomic mass is 16.6. The van der Waals surface area contributed by atoms with Crippen molar-refractivity contribution < 1.29 is 24.2 Å². The van der Waals surface area contributed by atoms with E-state index in [2.05, 4.69) is 14.5 Å². The molecule has 9 nitrogen and oxygen atoms in total. The van der Waals surface area contributed by atoms with Gasteiger partial charge in [-0.25, -0.2) is 0 Å². The second-order valence-corrected chi connectivity index (χ2v) is 12.2. The zero-order valence-corrected chi connectivity index (χ0v) is 24.4. The van der Waals surface area contributed by atoms with Gasteiger partial charge in [0, 0.05) is 53.3 Å². The SMILES string of the molecule is CO[C@@H]1[C@H](N(C)C(=O)c2ccccc2)C[C@@H]2O[C@]1(C)n1c3ccccc3c3c4c(c5c6ccccc6n2c5c31)C(=O)N[C@H]4O. The average Bonchev–Trinajstić information content (AvgIpc) is 3.65. The van der Waals surface area contributed by atoms with Crippen molar-refractivity contribution in [2.45, 2.75) is 43.7 Å². The number of carbonyl (C=O) groups excluding carboxylic acids is 2. The number of benzene rings is 4. The highest BCUT2D eigenvalue weighted by Crippen LogP contribution is 2.55. The molecule has 6 aromatic rings. The Morgan fingerprint density at radius 3 is 2.36 bits per heavy atom. The van der Waals surface area contributed by atoms with Crippen LogP contribution in [-0.4, -0.2) is 57.3 Å². The quantitative estimate of drug-likeness (QED) is 0.290. The molecule has 9 heteroatoms. The van der Waals surface area contributed by atoms with Crippen molar-refractivity contribution in [1.29, 1.82) is 0 Å². The summed E-state index contributed by atoms with van der Waals surface area (Å²) >= 11 is 0. The van der Waals surface area contributed by atoms with Crippen molar-refractivity contribution in [2.24, 2.45) is 0 Å². The normalized spacial score (nSPS) is 25.6. The van der Waals surface area contributed by atoms with E-state index in [1.165, 1.54) is 0 Å². The molecule has 2 N–H and O–H groups in total. The number of aromatic nitrogens is 2. The number of fused-ring (bicyclic) bond motifs is 13. The number of ether oxygens (including phenoxy) is 2. The minimum atomic E-state index is -1.15. The second-order valence-electron chi connectivity index (χ2n) is 12.2. The van der Waals surface area contributed by atoms with Gasteiger partial charge in [0.2, 0.25) is 0 Å². The van der Waals surface area contributed by atoms with E-state index in [0.717, 1.165) is 43.6 Å². The first-order valence-electron chi connectivity index (χ1n) is 14.9. The summed E-state index contributed by atoms with van der Waals surface area (Å²) in [6.07, 6.45) is -1.73. The number of para-hydroxylation sites is 2. The van der Waals surface area contributed by atoms with Gasteiger partial charge in [0.15, 0.2) is 12.0 Å². The number of hydrogen-bond acceptors (Lipinski definition) is 5. The van der Waals surface area contributed by atoms with Crippen LogP contribution in [0.3, 0.4) is 0 Å². The summed E-state index contributed by atoms with van der Waals surface area (Å²) in [5, 5.41) is 17.5. The molecule has 1 fully saturated rings. The Morgan fingerprint density at radius 1 is 0.977 bits per heavy atom. The summed E-state index contributed by atoms with van der Waals surface area (Å²) in [6, 6.07) is 25.0. The lowest BCUT2D eigenvalue weighted by Crippen LogP contribution is -2.61. The summed E-state index contributed by atoms with van der Waals surface area (Å²) < 4.78 is 17.9. The van der Waals surface area contributed by atoms with E-state index in [0.29, 0.717) is 23.1 Å². The van der Waals surface area contributed by atoms with Crippen LogP contribution in [-0.2, 0) is 15.2 Å². The van der Waals surface area contributed by atoms with Crippen LogP contribution in [0, 0.1) is 0 Å². The van der Waals surface area contributed by atoms with Crippen LogP contribution >= 0.6 is 0 Å². The molecule has 0 saturated carbocycles. The first-order chi connectivity index (χ1) is 21.3. The molecule has 3 aliphatic heterocycles. The number of carbonyl (C=O) groups is 2. The topological polar surface area (TPSA) is 98.0 Å². The van der Waals surface area contributed by atoms with Gasteiger partial charge < -0.3 is 33.9 Å². The zero-order chi connectivity index (χ0) is 30.1. The molecule has 2 bridgehead atoms. The highest BCUT2D eigenvalue weighted by Gasteiger charge is 2.55. The van der Waals surface area contributed by atoms with Gasteiger partial charge in [-0.3, -0.25) is 9.59 Å². The highest BCUT2D eigenvalue weighted by molar-refractivity contribution is 6.31. The van der Waals surface area contributed by atoms with E-state index in [1.807, 2.05) is 92.8 Å². The Morgan fingerprint density at radius 2 is 1.64 bits per heavy atom. The average molecular weight is 587 g/mol. The first kappa shape index (κ1) is 25.8. The van der Waals surface area contributed by atoms with Crippen LogP contribution in [0.4, 0.5) is 0 Å². The maximum atomic E-state index is 13.9. The number of amides is 2. The van der Waals surface area contributed by atoms with Crippen LogP contribution in [0.5, 0.6) is 0 Å². The largest absolute Gasteiger partial charge is 0.374 e. The van der Waals surface area contributed by atoms with Gasteiger partial charge in [0.25, 0.3) is 11.8 Å². The lowest BCUT2D eigenvalue weighted by Gasteiger charge is -2.50. The Hall–Kier alpha value is -4.70. The van der Waals surface area contributed by atoms with Gasteiger partial charge >= 0.3 is 0 Å². The van der Waals surface area contributed by atoms with Gasteiger partial charge in [0.1, 0.15) is 12.3 Å². The van der Waals surface area contributed by atoms with Crippen molar-refractivity contribution >= 4 is 55.4 Å². The van der Waals surface area contributed by atoms with Crippen LogP contribution in [0.25, 0.3) is 43.6 Å². The van der Waals surface area contributed by atoms with Crippen LogP contribution in [0.2, 0.25) is 0 Å². The van der Waals surface area contributed by atoms with Crippen molar-refractivity contribution in [1.82, 2.24) is 19.4 Å². The van der Waals surface area contributed by atoms with Crippen molar-refractivity contribution in [2.75, 3.05) is 14.2 Å². The summed E-state index contributed by atoms with van der Waals surface area (Å²) in [5.74, 6) is -0.393. The predicted molar refractivity (Wildman–Crippen MR) is 166 cm³/mol. The molecule has 0 unspecified atom stereocenters. The summed E-state index contributed by atoms with van der Waals surface area (Å²) in [5.41, 5.74) is 4.17. The third-order valence-electron chi connectivity index (χ3n) is 10.1. The Labute approximate surface area is 252 Å². The number of aliphatic hydroxyl groups is 1. The van der Waals surface area contributed by atoms with E-state index >= 15 is 0 Å². The second kappa shape index (κ2) is 8.69. The molecule has 220 valence electrons. The molecule has 1 saturated heterocycles. The lowest BCUT2D eigenvalue weighted by atomic mass is 9.91. The van der Waals surface area contributed by atoms with E-state index in [9.17, 15) is 14.7 Å². The molecule has 2 aromatic heterocycles. The molecular weight excluding hydrogens is 556 g/mol. The number of rotatable bonds is 3. The molecule has 0 aliphatic carbocycles. The number of likely N-dealkylation sites (N-methyl/N-ethyl adjacent to an activating group) is 1. The maximum Gasteiger partial charge on any atom is 0.254 e. The van der Waals surface area contributed by atoms with E-state index < -0.39 is 24.3 Å². The van der Waals surface area contributed by atoms with Crippen molar-refractivity contribution in [3.05, 3.63) is 95.6 Å². The molecule has 44 heavy (non-hydrogen) atoms. The summed E-state index contributed by atoms with van der Waals surface area (Å²) in [7, 11) is 3.50. The predicted octanol–water partition coefficient (Wildman–Crippen LogP) is 5.40. The van der Waals surface area contributed by atoms with Crippen molar-refractivity contribution in [3.8, 4) is 0 Å². The summed E-state index contributed by atoms with van der Waals surface area (Å²) in [4.78, 5) is 29.3. The number of nitrogens with one attached hydrogen (secondary N) is 1. The molecule has 0 radical (unpaired) electrons. The standard InChI is InChI=1S/C35H30N4O5/c1-35-31(43-3)23(37(2)34(42)18-11-5-4-6-12-18)17-24(44-35)38-21-15-9-7-13-19(21)25-27-28(33(41)36-32(27)40)26-20-14-8-10-16-22(20)39(35)30(26)29(25)38/h4-16,23-24,31,33,41H,17H2,1-3H3,(H,36,40)/t23-,24+,31-,33+,35+/m1/s1. The maximum absolute atomic E-state index is 13.9. The molecule has 0 spiro atoms. The smallest absolute Gasteiger partial charge is 0.254 e. The van der Waals surface area contributed by atoms with Gasteiger partial charge in [-0.15, -0.1) is 0 Å². The fourth-order valence-electron chi connectivity index (χ4n) is 8.37. The third-order valence-corrected chi connectivity index (χ3v) is 10.1. The van der Waals surface area contributed by atoms with Crippen LogP contribution in [0.1, 0.15) is 52.1 Å². The minimum absolute atomic E-state index is 0.0961. The van der Waals surface area contributed by atoms with E-state index in [-0.39, 0.29) is 17.9 Å². The molecule has 3 aliphatic rings. The molecule has 2 amide bonds. The van der Waals surface area contributed by atoms with Gasteiger partial charge in [-0.1, -0.05) is 54.6 Å². The molecule has 5 atom stereocenters. The van der Waals surface area contributed by atoms with Gasteiger partial charge in [0.05, 0.1) is 33.7 Å². The number of aliphatic hydroxyl groups excluding tert-OH is 1. The summed E-state index contributed by atoms with van der Waals surface area (Å²) in [6.45, 7) is 2.03. The van der Waals surface area contributed by atoms with Crippen molar-refractivity contribution in [3.63, 3.8) is 0 Å². The number of nitrogens with zero attached hydrogens (tertiary/aromatic N) is 3. The van der Waals surface area contributed by atoms with Crippen LogP contribution < -0.4 is 5.32 Å². The Bertz CT molecular complexity index is 2220. The third kappa shape index (κ3) is 2.99. The van der Waals surface area contributed by atoms with E-state index in [4.69, 9.17) is 9.47 Å². The Kier molecular flexibility index (Phi) is 5.09. The Balaban J connectivity index is 1.44. The molecule has 9 rings (SSSR count). The van der Waals surface area contributed by atoms with Gasteiger partial charge in [-0.2, -0.15) is 0 Å². The van der Waals surface area contributed by atoms with Gasteiger partial charge in [-0.05, 0) is 31.2 Å².